The molecule has 1 N–H and O–H groups in total. The number of fused-ring (bicyclic) bond motifs is 1. The Bertz CT molecular complexity index is 602. The summed E-state index contributed by atoms with van der Waals surface area (Å²) in [5.41, 5.74) is 2.52. The maximum atomic E-state index is 4.79. The van der Waals surface area contributed by atoms with Gasteiger partial charge in [-0.2, -0.15) is 5.10 Å². The third kappa shape index (κ3) is 2.84. The lowest BCUT2D eigenvalue weighted by molar-refractivity contribution is 0.204. The number of nitrogens with one attached hydrogen (secondary N) is 1. The highest BCUT2D eigenvalue weighted by atomic mass is 15.3. The van der Waals surface area contributed by atoms with Crippen molar-refractivity contribution in [1.29, 1.82) is 0 Å². The molecule has 114 valence electrons. The van der Waals surface area contributed by atoms with Gasteiger partial charge in [0.2, 0.25) is 0 Å². The molecule has 0 saturated heterocycles. The van der Waals surface area contributed by atoms with E-state index in [0.29, 0.717) is 12.0 Å². The summed E-state index contributed by atoms with van der Waals surface area (Å²) in [7, 11) is 4.16. The zero-order chi connectivity index (χ0) is 14.8. The first-order valence-corrected chi connectivity index (χ1v) is 8.30. The predicted molar refractivity (Wildman–Crippen MR) is 88.4 cm³/mol. The second kappa shape index (κ2) is 6.18. The topological polar surface area (TPSA) is 29.9 Å². The van der Waals surface area contributed by atoms with Crippen molar-refractivity contribution in [3.8, 4) is 0 Å². The van der Waals surface area contributed by atoms with Crippen molar-refractivity contribution in [3.63, 3.8) is 0 Å². The molecule has 0 spiro atoms. The highest BCUT2D eigenvalue weighted by Gasteiger charge is 2.29. The Balaban J connectivity index is 1.85. The van der Waals surface area contributed by atoms with Gasteiger partial charge in [0, 0.05) is 18.5 Å². The van der Waals surface area contributed by atoms with E-state index in [-0.39, 0.29) is 0 Å². The Hall–Kier alpha value is -1.35. The molecule has 1 saturated carbocycles. The molecule has 0 radical (unpaired) electrons. The molecule has 1 aromatic heterocycles. The number of nitrogens with zero attached hydrogens (tertiary/aromatic N) is 2. The average Bonchev–Trinajstić information content (AvgIpc) is 2.84. The molecule has 0 aliphatic heterocycles. The Kier molecular flexibility index (Phi) is 4.29. The Labute approximate surface area is 127 Å². The zero-order valence-corrected chi connectivity index (χ0v) is 13.5. The minimum Gasteiger partial charge on any atom is -0.317 e. The van der Waals surface area contributed by atoms with Crippen LogP contribution in [0.1, 0.15) is 38.3 Å². The van der Waals surface area contributed by atoms with Crippen LogP contribution >= 0.6 is 0 Å². The Morgan fingerprint density at radius 2 is 2.10 bits per heavy atom. The summed E-state index contributed by atoms with van der Waals surface area (Å²) in [6.45, 7) is 2.33. The van der Waals surface area contributed by atoms with E-state index in [4.69, 9.17) is 5.10 Å². The van der Waals surface area contributed by atoms with E-state index in [1.165, 1.54) is 42.3 Å². The SMILES string of the molecule is CCC1CCC(NC)C(Cc2nn(C)c3ccccc23)C1. The van der Waals surface area contributed by atoms with E-state index >= 15 is 0 Å². The molecule has 3 heteroatoms. The lowest BCUT2D eigenvalue weighted by Crippen LogP contribution is -2.39. The van der Waals surface area contributed by atoms with Gasteiger partial charge in [0.05, 0.1) is 11.2 Å². The lowest BCUT2D eigenvalue weighted by Gasteiger charge is -2.35. The van der Waals surface area contributed by atoms with Crippen molar-refractivity contribution in [2.75, 3.05) is 7.05 Å². The molecule has 3 atom stereocenters. The van der Waals surface area contributed by atoms with Gasteiger partial charge in [0.15, 0.2) is 0 Å². The van der Waals surface area contributed by atoms with Crippen LogP contribution in [0.25, 0.3) is 10.9 Å². The van der Waals surface area contributed by atoms with E-state index in [9.17, 15) is 0 Å². The second-order valence-corrected chi connectivity index (χ2v) is 6.53. The van der Waals surface area contributed by atoms with E-state index in [1.807, 2.05) is 4.68 Å². The number of aryl methyl sites for hydroxylation is 1. The van der Waals surface area contributed by atoms with Gasteiger partial charge in [0.25, 0.3) is 0 Å². The number of para-hydroxylation sites is 1. The van der Waals surface area contributed by atoms with Gasteiger partial charge in [0.1, 0.15) is 0 Å². The van der Waals surface area contributed by atoms with Crippen molar-refractivity contribution in [1.82, 2.24) is 15.1 Å². The molecule has 1 aromatic carbocycles. The molecule has 0 bridgehead atoms. The highest BCUT2D eigenvalue weighted by molar-refractivity contribution is 5.81. The largest absolute Gasteiger partial charge is 0.317 e. The van der Waals surface area contributed by atoms with Gasteiger partial charge >= 0.3 is 0 Å². The van der Waals surface area contributed by atoms with Crippen LogP contribution in [0.3, 0.4) is 0 Å². The maximum absolute atomic E-state index is 4.79. The zero-order valence-electron chi connectivity index (χ0n) is 13.5. The van der Waals surface area contributed by atoms with Crippen LogP contribution in [-0.4, -0.2) is 22.9 Å². The summed E-state index contributed by atoms with van der Waals surface area (Å²) in [5.74, 6) is 1.61. The normalized spacial score (nSPS) is 26.3. The lowest BCUT2D eigenvalue weighted by atomic mass is 9.75. The quantitative estimate of drug-likeness (QED) is 0.931. The van der Waals surface area contributed by atoms with Gasteiger partial charge in [-0.3, -0.25) is 4.68 Å². The van der Waals surface area contributed by atoms with Gasteiger partial charge < -0.3 is 5.32 Å². The third-order valence-electron chi connectivity index (χ3n) is 5.33. The molecular formula is C18H27N3. The van der Waals surface area contributed by atoms with Crippen molar-refractivity contribution in [2.45, 2.75) is 45.1 Å². The van der Waals surface area contributed by atoms with Crippen LogP contribution in [0, 0.1) is 11.8 Å². The molecular weight excluding hydrogens is 258 g/mol. The first-order chi connectivity index (χ1) is 10.2. The minimum atomic E-state index is 0.647. The minimum absolute atomic E-state index is 0.647. The number of rotatable bonds is 4. The van der Waals surface area contributed by atoms with Gasteiger partial charge in [-0.15, -0.1) is 0 Å². The molecule has 1 heterocycles. The monoisotopic (exact) mass is 285 g/mol. The fourth-order valence-electron chi connectivity index (χ4n) is 4.03. The summed E-state index contributed by atoms with van der Waals surface area (Å²) >= 11 is 0. The standard InChI is InChI=1S/C18H27N3/c1-4-13-9-10-16(19-2)14(11-13)12-17-15-7-5-6-8-18(15)21(3)20-17/h5-8,13-14,16,19H,4,9-12H2,1-3H3. The molecule has 1 aliphatic rings. The van der Waals surface area contributed by atoms with Crippen molar-refractivity contribution >= 4 is 10.9 Å². The van der Waals surface area contributed by atoms with E-state index in [0.717, 1.165) is 12.3 Å². The van der Waals surface area contributed by atoms with Crippen LogP contribution in [-0.2, 0) is 13.5 Å². The summed E-state index contributed by atoms with van der Waals surface area (Å²) in [6.07, 6.45) is 6.44. The van der Waals surface area contributed by atoms with Crippen molar-refractivity contribution in [3.05, 3.63) is 30.0 Å². The van der Waals surface area contributed by atoms with Crippen molar-refractivity contribution in [2.24, 2.45) is 18.9 Å². The highest BCUT2D eigenvalue weighted by Crippen LogP contribution is 2.34. The molecule has 2 aromatic rings. The molecule has 21 heavy (non-hydrogen) atoms. The average molecular weight is 285 g/mol. The van der Waals surface area contributed by atoms with Crippen LogP contribution in [0.15, 0.2) is 24.3 Å². The summed E-state index contributed by atoms with van der Waals surface area (Å²) in [4.78, 5) is 0. The van der Waals surface area contributed by atoms with Gasteiger partial charge in [-0.05, 0) is 50.6 Å². The van der Waals surface area contributed by atoms with Crippen LogP contribution < -0.4 is 5.32 Å². The maximum Gasteiger partial charge on any atom is 0.0706 e. The first-order valence-electron chi connectivity index (χ1n) is 8.30. The molecule has 0 amide bonds. The molecule has 3 nitrogen and oxygen atoms in total. The molecule has 3 unspecified atom stereocenters. The smallest absolute Gasteiger partial charge is 0.0706 e. The fraction of sp³-hybridized carbons (Fsp3) is 0.611. The van der Waals surface area contributed by atoms with E-state index in [2.05, 4.69) is 50.6 Å². The summed E-state index contributed by atoms with van der Waals surface area (Å²) in [5, 5.41) is 9.66. The summed E-state index contributed by atoms with van der Waals surface area (Å²) in [6, 6.07) is 9.24. The molecule has 1 fully saturated rings. The van der Waals surface area contributed by atoms with Gasteiger partial charge in [-0.25, -0.2) is 0 Å². The molecule has 3 rings (SSSR count). The Morgan fingerprint density at radius 1 is 1.29 bits per heavy atom. The van der Waals surface area contributed by atoms with Gasteiger partial charge in [-0.1, -0.05) is 31.5 Å². The van der Waals surface area contributed by atoms with E-state index < -0.39 is 0 Å². The second-order valence-electron chi connectivity index (χ2n) is 6.53. The number of hydrogen-bond donors (Lipinski definition) is 1. The third-order valence-corrected chi connectivity index (χ3v) is 5.33. The van der Waals surface area contributed by atoms with Crippen LogP contribution in [0.2, 0.25) is 0 Å². The first kappa shape index (κ1) is 14.6. The molecule has 1 aliphatic carbocycles. The van der Waals surface area contributed by atoms with Crippen molar-refractivity contribution < 1.29 is 0 Å². The van der Waals surface area contributed by atoms with Crippen LogP contribution in [0.4, 0.5) is 0 Å². The summed E-state index contributed by atoms with van der Waals surface area (Å²) < 4.78 is 2.03. The fourth-order valence-corrected chi connectivity index (χ4v) is 4.03. The Morgan fingerprint density at radius 3 is 2.86 bits per heavy atom. The number of aromatic nitrogens is 2. The number of hydrogen-bond acceptors (Lipinski definition) is 2. The predicted octanol–water partition coefficient (Wildman–Crippen LogP) is 3.53. The van der Waals surface area contributed by atoms with Crippen LogP contribution in [0.5, 0.6) is 0 Å². The van der Waals surface area contributed by atoms with E-state index in [1.54, 1.807) is 0 Å². The number of benzene rings is 1.